The number of amides is 1. The van der Waals surface area contributed by atoms with Crippen molar-refractivity contribution >= 4 is 14.2 Å². The van der Waals surface area contributed by atoms with Gasteiger partial charge >= 0.3 is 0 Å². The Bertz CT molecular complexity index is 617. The van der Waals surface area contributed by atoms with Crippen molar-refractivity contribution in [3.63, 3.8) is 0 Å². The zero-order chi connectivity index (χ0) is 20.8. The van der Waals surface area contributed by atoms with Crippen LogP contribution in [0, 0.1) is 0 Å². The first-order valence-electron chi connectivity index (χ1n) is 9.84. The van der Waals surface area contributed by atoms with Crippen LogP contribution >= 0.6 is 0 Å². The lowest BCUT2D eigenvalue weighted by Crippen LogP contribution is -2.67. The number of ether oxygens (including phenoxy) is 3. The quantitative estimate of drug-likeness (QED) is 0.243. The molecular weight excluding hydrogens is 374 g/mol. The van der Waals surface area contributed by atoms with E-state index in [1.54, 1.807) is 12.0 Å². The lowest BCUT2D eigenvalue weighted by molar-refractivity contribution is -0.181. The Morgan fingerprint density at radius 1 is 1.11 bits per heavy atom. The normalized spacial score (nSPS) is 20.4. The zero-order valence-corrected chi connectivity index (χ0v) is 19.1. The molecule has 2 rings (SSSR count). The minimum atomic E-state index is -1.82. The lowest BCUT2D eigenvalue weighted by atomic mass is 9.99. The molecule has 0 aliphatic carbocycles. The van der Waals surface area contributed by atoms with Gasteiger partial charge in [-0.3, -0.25) is 4.79 Å². The predicted octanol–water partition coefficient (Wildman–Crippen LogP) is 3.42. The van der Waals surface area contributed by atoms with Crippen molar-refractivity contribution in [3.8, 4) is 0 Å². The van der Waals surface area contributed by atoms with Gasteiger partial charge in [-0.2, -0.15) is 0 Å². The molecule has 6 nitrogen and oxygen atoms in total. The first-order chi connectivity index (χ1) is 13.2. The maximum absolute atomic E-state index is 12.3. The second kappa shape index (κ2) is 9.98. The van der Waals surface area contributed by atoms with Gasteiger partial charge in [0.1, 0.15) is 6.79 Å². The van der Waals surface area contributed by atoms with Gasteiger partial charge in [-0.15, -0.1) is 0 Å². The van der Waals surface area contributed by atoms with Gasteiger partial charge in [0.2, 0.25) is 0 Å². The molecule has 28 heavy (non-hydrogen) atoms. The third-order valence-electron chi connectivity index (χ3n) is 5.70. The van der Waals surface area contributed by atoms with Gasteiger partial charge in [0.15, 0.2) is 14.4 Å². The summed E-state index contributed by atoms with van der Waals surface area (Å²) in [5.74, 6) is 0.000125. The fourth-order valence-electron chi connectivity index (χ4n) is 2.86. The molecule has 1 saturated heterocycles. The zero-order valence-electron chi connectivity index (χ0n) is 18.1. The van der Waals surface area contributed by atoms with E-state index in [1.165, 1.54) is 0 Å². The fourth-order valence-corrected chi connectivity index (χ4v) is 3.90. The molecule has 158 valence electrons. The van der Waals surface area contributed by atoms with Gasteiger partial charge in [0, 0.05) is 13.7 Å². The highest BCUT2D eigenvalue weighted by Crippen LogP contribution is 2.36. The summed E-state index contributed by atoms with van der Waals surface area (Å²) < 4.78 is 22.7. The lowest BCUT2D eigenvalue weighted by Gasteiger charge is -2.46. The molecule has 0 bridgehead atoms. The molecule has 0 radical (unpaired) electrons. The maximum atomic E-state index is 12.3. The number of benzene rings is 1. The molecule has 1 heterocycles. The average molecular weight is 410 g/mol. The smallest absolute Gasteiger partial charge is 0.254 e. The van der Waals surface area contributed by atoms with E-state index in [0.717, 1.165) is 5.56 Å². The van der Waals surface area contributed by atoms with E-state index in [4.69, 9.17) is 18.6 Å². The maximum Gasteiger partial charge on any atom is 0.254 e. The molecule has 1 aliphatic rings. The van der Waals surface area contributed by atoms with E-state index in [0.29, 0.717) is 26.4 Å². The number of carbonyl (C=O) groups excluding carboxylic acids is 1. The summed E-state index contributed by atoms with van der Waals surface area (Å²) in [5.41, 5.74) is 1.10. The minimum absolute atomic E-state index is 0.000125. The predicted molar refractivity (Wildman–Crippen MR) is 111 cm³/mol. The average Bonchev–Trinajstić information content (AvgIpc) is 2.64. The number of nitrogens with zero attached hydrogens (tertiary/aromatic N) is 1. The number of β-lactam (4-membered cyclic amide) rings is 1. The topological polar surface area (TPSA) is 57.2 Å². The third kappa shape index (κ3) is 5.87. The number of likely N-dealkylation sites (tertiary alicyclic amines) is 1. The van der Waals surface area contributed by atoms with Crippen LogP contribution in [0.5, 0.6) is 0 Å². The van der Waals surface area contributed by atoms with E-state index in [1.807, 2.05) is 30.3 Å². The molecule has 1 amide bonds. The Kier molecular flexibility index (Phi) is 8.21. The van der Waals surface area contributed by atoms with Gasteiger partial charge in [0.05, 0.1) is 25.9 Å². The molecule has 1 aliphatic heterocycles. The summed E-state index contributed by atoms with van der Waals surface area (Å²) in [6.07, 6.45) is -0.443. The molecule has 0 spiro atoms. The molecule has 2 atom stereocenters. The summed E-state index contributed by atoms with van der Waals surface area (Å²) in [4.78, 5) is 14.1. The van der Waals surface area contributed by atoms with Crippen molar-refractivity contribution in [3.05, 3.63) is 35.9 Å². The van der Waals surface area contributed by atoms with Crippen LogP contribution in [0.1, 0.15) is 26.3 Å². The first kappa shape index (κ1) is 23.0. The Labute approximate surface area is 170 Å². The van der Waals surface area contributed by atoms with Crippen LogP contribution in [0.25, 0.3) is 0 Å². The molecule has 0 unspecified atom stereocenters. The standard InChI is InChI=1S/C21H35NO5Si/c1-21(2,3)28(5,6)27-13-12-22-18(19(24-4)20(22)23)15-26-16-25-14-17-10-8-7-9-11-17/h7-11,18-19H,12-16H2,1-6H3/t18-,19+/m0/s1. The third-order valence-corrected chi connectivity index (χ3v) is 10.2. The van der Waals surface area contributed by atoms with Crippen molar-refractivity contribution in [1.82, 2.24) is 4.90 Å². The van der Waals surface area contributed by atoms with Crippen molar-refractivity contribution in [1.29, 1.82) is 0 Å². The van der Waals surface area contributed by atoms with Gasteiger partial charge in [-0.25, -0.2) is 0 Å². The number of hydrogen-bond donors (Lipinski definition) is 0. The SMILES string of the molecule is CO[C@H]1C(=O)N(CCO[Si](C)(C)C(C)(C)C)[C@H]1COCOCc1ccccc1. The molecule has 1 aromatic carbocycles. The fraction of sp³-hybridized carbons (Fsp3) is 0.667. The highest BCUT2D eigenvalue weighted by atomic mass is 28.4. The van der Waals surface area contributed by atoms with Crippen LogP contribution in [0.4, 0.5) is 0 Å². The van der Waals surface area contributed by atoms with Crippen LogP contribution in [0.2, 0.25) is 18.1 Å². The van der Waals surface area contributed by atoms with Crippen LogP contribution in [-0.2, 0) is 30.0 Å². The Morgan fingerprint density at radius 2 is 1.79 bits per heavy atom. The van der Waals surface area contributed by atoms with Crippen LogP contribution in [0.15, 0.2) is 30.3 Å². The van der Waals surface area contributed by atoms with Gasteiger partial charge in [0.25, 0.3) is 5.91 Å². The number of methoxy groups -OCH3 is 1. The highest BCUT2D eigenvalue weighted by Gasteiger charge is 2.47. The largest absolute Gasteiger partial charge is 0.415 e. The minimum Gasteiger partial charge on any atom is -0.415 e. The second-order valence-electron chi connectivity index (χ2n) is 8.69. The Hall–Kier alpha value is -1.25. The highest BCUT2D eigenvalue weighted by molar-refractivity contribution is 6.74. The molecule has 0 aromatic heterocycles. The van der Waals surface area contributed by atoms with Crippen molar-refractivity contribution in [2.24, 2.45) is 0 Å². The number of carbonyl (C=O) groups is 1. The van der Waals surface area contributed by atoms with E-state index in [2.05, 4.69) is 33.9 Å². The second-order valence-corrected chi connectivity index (χ2v) is 13.5. The molecular formula is C21H35NO5Si. The van der Waals surface area contributed by atoms with E-state index in [9.17, 15) is 4.79 Å². The summed E-state index contributed by atoms with van der Waals surface area (Å²) in [7, 11) is -0.258. The van der Waals surface area contributed by atoms with E-state index in [-0.39, 0.29) is 23.8 Å². The Balaban J connectivity index is 1.73. The van der Waals surface area contributed by atoms with Gasteiger partial charge < -0.3 is 23.5 Å². The van der Waals surface area contributed by atoms with Gasteiger partial charge in [-0.1, -0.05) is 51.1 Å². The van der Waals surface area contributed by atoms with Crippen molar-refractivity contribution in [2.75, 3.05) is 33.7 Å². The first-order valence-corrected chi connectivity index (χ1v) is 12.7. The monoisotopic (exact) mass is 409 g/mol. The molecule has 0 N–H and O–H groups in total. The Morgan fingerprint density at radius 3 is 2.39 bits per heavy atom. The van der Waals surface area contributed by atoms with Crippen LogP contribution in [-0.4, -0.2) is 64.9 Å². The van der Waals surface area contributed by atoms with Crippen molar-refractivity contribution in [2.45, 2.75) is 57.7 Å². The number of rotatable bonds is 11. The summed E-state index contributed by atoms with van der Waals surface area (Å²) in [5, 5.41) is 0.152. The van der Waals surface area contributed by atoms with Crippen LogP contribution < -0.4 is 0 Å². The molecule has 0 saturated carbocycles. The van der Waals surface area contributed by atoms with Crippen molar-refractivity contribution < 1.29 is 23.4 Å². The van der Waals surface area contributed by atoms with Crippen LogP contribution in [0.3, 0.4) is 0 Å². The van der Waals surface area contributed by atoms with Gasteiger partial charge in [-0.05, 0) is 23.7 Å². The summed E-state index contributed by atoms with van der Waals surface area (Å²) in [6, 6.07) is 9.85. The summed E-state index contributed by atoms with van der Waals surface area (Å²) in [6.45, 7) is 13.2. The van der Waals surface area contributed by atoms with E-state index < -0.39 is 14.4 Å². The number of hydrogen-bond acceptors (Lipinski definition) is 5. The molecule has 1 aromatic rings. The molecule has 1 fully saturated rings. The van der Waals surface area contributed by atoms with E-state index >= 15 is 0 Å². The summed E-state index contributed by atoms with van der Waals surface area (Å²) >= 11 is 0. The molecule has 7 heteroatoms.